The second-order valence-corrected chi connectivity index (χ2v) is 7.46. The Bertz CT molecular complexity index is 1160. The third-order valence-electron chi connectivity index (χ3n) is 4.23. The number of halogens is 4. The normalized spacial score (nSPS) is 11.1. The first kappa shape index (κ1) is 22.0. The first-order valence-electron chi connectivity index (χ1n) is 8.74. The summed E-state index contributed by atoms with van der Waals surface area (Å²) in [4.78, 5) is 0. The number of benzene rings is 3. The minimum Gasteiger partial charge on any atom is -0.493 e. The van der Waals surface area contributed by atoms with Crippen molar-refractivity contribution in [2.75, 3.05) is 7.11 Å². The Labute approximate surface area is 188 Å². The van der Waals surface area contributed by atoms with Crippen molar-refractivity contribution < 1.29 is 13.9 Å². The third-order valence-corrected chi connectivity index (χ3v) is 5.10. The molecular weight excluding hydrogens is 448 g/mol. The van der Waals surface area contributed by atoms with E-state index in [1.807, 2.05) is 6.07 Å². The van der Waals surface area contributed by atoms with E-state index in [-0.39, 0.29) is 22.8 Å². The maximum absolute atomic E-state index is 14.1. The van der Waals surface area contributed by atoms with Gasteiger partial charge in [-0.1, -0.05) is 59.1 Å². The summed E-state index contributed by atoms with van der Waals surface area (Å²) in [5.74, 6) is 0.208. The zero-order valence-electron chi connectivity index (χ0n) is 15.8. The lowest BCUT2D eigenvalue weighted by Crippen LogP contribution is -2.00. The molecule has 0 aliphatic rings. The van der Waals surface area contributed by atoms with Crippen molar-refractivity contribution in [3.8, 4) is 17.6 Å². The number of rotatable bonds is 6. The molecule has 0 amide bonds. The molecule has 0 atom stereocenters. The molecule has 7 heteroatoms. The molecule has 0 saturated heterocycles. The minimum atomic E-state index is -0.483. The Morgan fingerprint density at radius 1 is 1.07 bits per heavy atom. The van der Waals surface area contributed by atoms with Gasteiger partial charge in [-0.15, -0.1) is 0 Å². The maximum atomic E-state index is 14.1. The molecule has 0 aliphatic heterocycles. The molecule has 152 valence electrons. The SMILES string of the molecule is COc1cc(/C=C(/C#N)c2ccccc2F)cc(Cl)c1OCc1ccc(Cl)cc1Cl. The van der Waals surface area contributed by atoms with Gasteiger partial charge in [0.15, 0.2) is 11.5 Å². The largest absolute Gasteiger partial charge is 0.493 e. The van der Waals surface area contributed by atoms with Gasteiger partial charge in [-0.25, -0.2) is 4.39 Å². The first-order chi connectivity index (χ1) is 14.4. The predicted octanol–water partition coefficient (Wildman–Crippen LogP) is 7.44. The van der Waals surface area contributed by atoms with Crippen molar-refractivity contribution in [3.63, 3.8) is 0 Å². The van der Waals surface area contributed by atoms with Crippen molar-refractivity contribution in [2.45, 2.75) is 6.61 Å². The van der Waals surface area contributed by atoms with E-state index in [1.54, 1.807) is 42.5 Å². The van der Waals surface area contributed by atoms with Crippen LogP contribution in [0, 0.1) is 17.1 Å². The van der Waals surface area contributed by atoms with Crippen LogP contribution in [-0.2, 0) is 6.61 Å². The van der Waals surface area contributed by atoms with E-state index in [9.17, 15) is 9.65 Å². The average Bonchev–Trinajstić information content (AvgIpc) is 2.72. The monoisotopic (exact) mass is 461 g/mol. The van der Waals surface area contributed by atoms with E-state index in [1.165, 1.54) is 25.3 Å². The van der Waals surface area contributed by atoms with Gasteiger partial charge in [-0.2, -0.15) is 5.26 Å². The highest BCUT2D eigenvalue weighted by molar-refractivity contribution is 6.35. The van der Waals surface area contributed by atoms with Gasteiger partial charge in [-0.05, 0) is 42.0 Å². The van der Waals surface area contributed by atoms with Crippen molar-refractivity contribution in [1.82, 2.24) is 0 Å². The van der Waals surface area contributed by atoms with Crippen molar-refractivity contribution in [1.29, 1.82) is 5.26 Å². The van der Waals surface area contributed by atoms with E-state index in [4.69, 9.17) is 44.3 Å². The molecule has 0 heterocycles. The minimum absolute atomic E-state index is 0.153. The van der Waals surface area contributed by atoms with Crippen LogP contribution in [0.3, 0.4) is 0 Å². The van der Waals surface area contributed by atoms with Gasteiger partial charge in [0.25, 0.3) is 0 Å². The molecule has 3 aromatic rings. The van der Waals surface area contributed by atoms with Crippen LogP contribution in [0.4, 0.5) is 4.39 Å². The standard InChI is InChI=1S/C23H15Cl3FNO2/c1-29-22-10-14(8-16(12-28)18-4-2-3-5-21(18)27)9-20(26)23(22)30-13-15-6-7-17(24)11-19(15)25/h2-11H,13H2,1H3/b16-8-. The van der Waals surface area contributed by atoms with Gasteiger partial charge >= 0.3 is 0 Å². The lowest BCUT2D eigenvalue weighted by molar-refractivity contribution is 0.285. The molecule has 0 bridgehead atoms. The highest BCUT2D eigenvalue weighted by atomic mass is 35.5. The molecule has 0 radical (unpaired) electrons. The molecule has 0 fully saturated rings. The van der Waals surface area contributed by atoms with Gasteiger partial charge in [0.2, 0.25) is 0 Å². The van der Waals surface area contributed by atoms with E-state index >= 15 is 0 Å². The Balaban J connectivity index is 1.92. The zero-order valence-corrected chi connectivity index (χ0v) is 18.0. The van der Waals surface area contributed by atoms with Gasteiger partial charge < -0.3 is 9.47 Å². The fourth-order valence-electron chi connectivity index (χ4n) is 2.77. The van der Waals surface area contributed by atoms with Crippen LogP contribution >= 0.6 is 34.8 Å². The van der Waals surface area contributed by atoms with E-state index in [2.05, 4.69) is 0 Å². The molecule has 0 aromatic heterocycles. The molecule has 3 nitrogen and oxygen atoms in total. The van der Waals surface area contributed by atoms with Crippen LogP contribution in [-0.4, -0.2) is 7.11 Å². The Kier molecular flexibility index (Phi) is 7.23. The summed E-state index contributed by atoms with van der Waals surface area (Å²) < 4.78 is 25.3. The predicted molar refractivity (Wildman–Crippen MR) is 119 cm³/mol. The van der Waals surface area contributed by atoms with Gasteiger partial charge in [0.1, 0.15) is 12.4 Å². The molecule has 0 saturated carbocycles. The van der Waals surface area contributed by atoms with E-state index in [0.717, 1.165) is 5.56 Å². The highest BCUT2D eigenvalue weighted by Crippen LogP contribution is 2.38. The summed E-state index contributed by atoms with van der Waals surface area (Å²) >= 11 is 18.5. The highest BCUT2D eigenvalue weighted by Gasteiger charge is 2.14. The molecule has 0 N–H and O–H groups in total. The quantitative estimate of drug-likeness (QED) is 0.282. The molecule has 0 unspecified atom stereocenters. The summed E-state index contributed by atoms with van der Waals surface area (Å²) in [6.07, 6.45) is 1.53. The molecular formula is C23H15Cl3FNO2. The summed E-state index contributed by atoms with van der Waals surface area (Å²) in [5.41, 5.74) is 1.66. The molecule has 0 aliphatic carbocycles. The lowest BCUT2D eigenvalue weighted by atomic mass is 10.0. The van der Waals surface area contributed by atoms with Crippen LogP contribution in [0.25, 0.3) is 11.6 Å². The molecule has 30 heavy (non-hydrogen) atoms. The average molecular weight is 463 g/mol. The number of hydrogen-bond acceptors (Lipinski definition) is 3. The molecule has 3 aromatic carbocycles. The van der Waals surface area contributed by atoms with Crippen LogP contribution in [0.2, 0.25) is 15.1 Å². The maximum Gasteiger partial charge on any atom is 0.180 e. The number of allylic oxidation sites excluding steroid dienone is 1. The Morgan fingerprint density at radius 2 is 1.83 bits per heavy atom. The number of nitrogens with zero attached hydrogens (tertiary/aromatic N) is 1. The van der Waals surface area contributed by atoms with E-state index in [0.29, 0.717) is 27.1 Å². The fraction of sp³-hybridized carbons (Fsp3) is 0.0870. The van der Waals surface area contributed by atoms with Crippen molar-refractivity contribution >= 4 is 46.5 Å². The van der Waals surface area contributed by atoms with Gasteiger partial charge in [0.05, 0.1) is 23.8 Å². The summed E-state index contributed by atoms with van der Waals surface area (Å²) in [5, 5.41) is 10.7. The summed E-state index contributed by atoms with van der Waals surface area (Å²) in [6, 6.07) is 16.4. The fourth-order valence-corrected chi connectivity index (χ4v) is 3.51. The van der Waals surface area contributed by atoms with Crippen LogP contribution in [0.1, 0.15) is 16.7 Å². The van der Waals surface area contributed by atoms with Gasteiger partial charge in [-0.3, -0.25) is 0 Å². The van der Waals surface area contributed by atoms with Crippen LogP contribution in [0.15, 0.2) is 54.6 Å². The topological polar surface area (TPSA) is 42.2 Å². The molecule has 0 spiro atoms. The summed E-state index contributed by atoms with van der Waals surface area (Å²) in [7, 11) is 1.48. The second-order valence-electron chi connectivity index (χ2n) is 6.21. The second kappa shape index (κ2) is 9.86. The van der Waals surface area contributed by atoms with Crippen molar-refractivity contribution in [2.24, 2.45) is 0 Å². The Hall–Kier alpha value is -2.71. The number of nitriles is 1. The van der Waals surface area contributed by atoms with Crippen LogP contribution < -0.4 is 9.47 Å². The summed E-state index contributed by atoms with van der Waals surface area (Å²) in [6.45, 7) is 0.153. The number of ether oxygens (including phenoxy) is 2. The third kappa shape index (κ3) is 5.06. The van der Waals surface area contributed by atoms with Gasteiger partial charge in [0, 0.05) is 21.2 Å². The van der Waals surface area contributed by atoms with Crippen molar-refractivity contribution in [3.05, 3.63) is 92.2 Å². The smallest absolute Gasteiger partial charge is 0.180 e. The lowest BCUT2D eigenvalue weighted by Gasteiger charge is -2.14. The number of hydrogen-bond donors (Lipinski definition) is 0. The zero-order chi connectivity index (χ0) is 21.7. The van der Waals surface area contributed by atoms with E-state index < -0.39 is 5.82 Å². The van der Waals surface area contributed by atoms with Crippen LogP contribution in [0.5, 0.6) is 11.5 Å². The Morgan fingerprint density at radius 3 is 2.50 bits per heavy atom. The number of methoxy groups -OCH3 is 1. The first-order valence-corrected chi connectivity index (χ1v) is 9.87. The molecule has 3 rings (SSSR count).